The predicted molar refractivity (Wildman–Crippen MR) is 63.3 cm³/mol. The molecule has 0 spiro atoms. The number of nitrogens with zero attached hydrogens (tertiary/aromatic N) is 2. The molecule has 17 heavy (non-hydrogen) atoms. The van der Waals surface area contributed by atoms with Gasteiger partial charge in [0.05, 0.1) is 5.56 Å². The zero-order valence-electron chi connectivity index (χ0n) is 9.49. The van der Waals surface area contributed by atoms with Crippen molar-refractivity contribution in [2.24, 2.45) is 5.73 Å². The van der Waals surface area contributed by atoms with Gasteiger partial charge in [0.2, 0.25) is 5.91 Å². The van der Waals surface area contributed by atoms with Crippen LogP contribution in [0.4, 0.5) is 5.82 Å². The van der Waals surface area contributed by atoms with Gasteiger partial charge in [-0.05, 0) is 30.9 Å². The summed E-state index contributed by atoms with van der Waals surface area (Å²) in [6, 6.07) is 4.01. The average molecular weight is 230 g/mol. The van der Waals surface area contributed by atoms with E-state index in [0.717, 1.165) is 25.0 Å². The molecule has 1 aliphatic rings. The molecule has 0 unspecified atom stereocenters. The van der Waals surface area contributed by atoms with Gasteiger partial charge >= 0.3 is 0 Å². The molecule has 3 N–H and O–H groups in total. The maximum absolute atomic E-state index is 10.6. The minimum absolute atomic E-state index is 0.240. The van der Waals surface area contributed by atoms with Crippen LogP contribution in [-0.4, -0.2) is 17.4 Å². The molecule has 0 radical (unpaired) electrons. The lowest BCUT2D eigenvalue weighted by Gasteiger charge is -2.08. The van der Waals surface area contributed by atoms with Gasteiger partial charge in [-0.25, -0.2) is 4.98 Å². The van der Waals surface area contributed by atoms with Crippen LogP contribution in [0.5, 0.6) is 0 Å². The Labute approximate surface area is 99.6 Å². The molecule has 0 atom stereocenters. The van der Waals surface area contributed by atoms with E-state index in [0.29, 0.717) is 17.9 Å². The third-order valence-corrected chi connectivity index (χ3v) is 2.84. The fourth-order valence-corrected chi connectivity index (χ4v) is 2.00. The highest BCUT2D eigenvalue weighted by Gasteiger charge is 2.16. The Morgan fingerprint density at radius 1 is 1.59 bits per heavy atom. The number of amides is 1. The number of carbonyl (C=O) groups excluding carboxylic acids is 1. The number of nitriles is 1. The molecule has 0 aliphatic heterocycles. The zero-order valence-corrected chi connectivity index (χ0v) is 9.49. The number of pyridine rings is 1. The minimum atomic E-state index is -0.364. The van der Waals surface area contributed by atoms with Gasteiger partial charge in [-0.3, -0.25) is 4.79 Å². The molecule has 5 nitrogen and oxygen atoms in total. The van der Waals surface area contributed by atoms with E-state index in [2.05, 4.69) is 16.4 Å². The number of nitrogens with two attached hydrogens (primary N) is 1. The summed E-state index contributed by atoms with van der Waals surface area (Å²) in [5, 5.41) is 12.0. The molecule has 5 heteroatoms. The summed E-state index contributed by atoms with van der Waals surface area (Å²) in [5.41, 5.74) is 7.82. The first-order valence-corrected chi connectivity index (χ1v) is 5.66. The van der Waals surface area contributed by atoms with Crippen molar-refractivity contribution in [2.75, 3.05) is 11.9 Å². The van der Waals surface area contributed by atoms with Gasteiger partial charge in [-0.15, -0.1) is 0 Å². The Morgan fingerprint density at radius 3 is 3.12 bits per heavy atom. The number of hydrogen-bond donors (Lipinski definition) is 2. The highest BCUT2D eigenvalue weighted by atomic mass is 16.1. The summed E-state index contributed by atoms with van der Waals surface area (Å²) >= 11 is 0. The summed E-state index contributed by atoms with van der Waals surface area (Å²) in [6.45, 7) is 0.413. The second-order valence-corrected chi connectivity index (χ2v) is 4.10. The quantitative estimate of drug-likeness (QED) is 0.797. The second-order valence-electron chi connectivity index (χ2n) is 4.10. The Kier molecular flexibility index (Phi) is 3.24. The van der Waals surface area contributed by atoms with E-state index in [4.69, 9.17) is 11.0 Å². The lowest BCUT2D eigenvalue weighted by atomic mass is 10.1. The van der Waals surface area contributed by atoms with Crippen LogP contribution in [0.2, 0.25) is 0 Å². The average Bonchev–Trinajstić information content (AvgIpc) is 2.74. The molecule has 0 fully saturated rings. The van der Waals surface area contributed by atoms with E-state index in [1.165, 1.54) is 5.56 Å². The van der Waals surface area contributed by atoms with Gasteiger partial charge in [0.15, 0.2) is 0 Å². The van der Waals surface area contributed by atoms with E-state index in [9.17, 15) is 4.79 Å². The third-order valence-electron chi connectivity index (χ3n) is 2.84. The number of carbonyl (C=O) groups is 1. The minimum Gasteiger partial charge on any atom is -0.370 e. The van der Waals surface area contributed by atoms with Crippen molar-refractivity contribution in [1.29, 1.82) is 5.26 Å². The number of rotatable bonds is 4. The topological polar surface area (TPSA) is 91.8 Å². The maximum atomic E-state index is 10.6. The number of aromatic nitrogens is 1. The van der Waals surface area contributed by atoms with E-state index < -0.39 is 0 Å². The number of hydrogen-bond acceptors (Lipinski definition) is 4. The first-order valence-electron chi connectivity index (χ1n) is 5.66. The van der Waals surface area contributed by atoms with Crippen molar-refractivity contribution in [2.45, 2.75) is 25.7 Å². The SMILES string of the molecule is N#Cc1cc2c(nc1NCCC(N)=O)CCC2. The fraction of sp³-hybridized carbons (Fsp3) is 0.417. The first kappa shape index (κ1) is 11.4. The standard InChI is InChI=1S/C12H14N4O/c13-7-9-6-8-2-1-3-10(8)16-12(9)15-5-4-11(14)17/h6H,1-5H2,(H2,14,17)(H,15,16). The van der Waals surface area contributed by atoms with Gasteiger partial charge in [0.1, 0.15) is 11.9 Å². The molecular weight excluding hydrogens is 216 g/mol. The highest BCUT2D eigenvalue weighted by Crippen LogP contribution is 2.24. The number of aryl methyl sites for hydroxylation is 2. The molecule has 0 saturated carbocycles. The number of primary amides is 1. The largest absolute Gasteiger partial charge is 0.370 e. The molecule has 88 valence electrons. The Balaban J connectivity index is 2.16. The van der Waals surface area contributed by atoms with Crippen molar-refractivity contribution in [3.8, 4) is 6.07 Å². The third kappa shape index (κ3) is 2.53. The van der Waals surface area contributed by atoms with Crippen LogP contribution in [0.15, 0.2) is 6.07 Å². The van der Waals surface area contributed by atoms with Crippen molar-refractivity contribution in [3.63, 3.8) is 0 Å². The first-order chi connectivity index (χ1) is 8.20. The maximum Gasteiger partial charge on any atom is 0.219 e. The van der Waals surface area contributed by atoms with Gasteiger partial charge in [-0.2, -0.15) is 5.26 Å². The van der Waals surface area contributed by atoms with Gasteiger partial charge in [0, 0.05) is 18.7 Å². The Hall–Kier alpha value is -2.09. The van der Waals surface area contributed by atoms with E-state index >= 15 is 0 Å². The van der Waals surface area contributed by atoms with E-state index in [-0.39, 0.29) is 12.3 Å². The van der Waals surface area contributed by atoms with Crippen molar-refractivity contribution in [1.82, 2.24) is 4.98 Å². The second kappa shape index (κ2) is 4.83. The van der Waals surface area contributed by atoms with Gasteiger partial charge in [0.25, 0.3) is 0 Å². The Morgan fingerprint density at radius 2 is 2.41 bits per heavy atom. The van der Waals surface area contributed by atoms with Crippen LogP contribution < -0.4 is 11.1 Å². The lowest BCUT2D eigenvalue weighted by Crippen LogP contribution is -2.17. The normalized spacial score (nSPS) is 12.9. The Bertz CT molecular complexity index is 490. The molecule has 0 aromatic carbocycles. The molecule has 1 amide bonds. The fourth-order valence-electron chi connectivity index (χ4n) is 2.00. The monoisotopic (exact) mass is 230 g/mol. The van der Waals surface area contributed by atoms with Crippen LogP contribution in [0.3, 0.4) is 0 Å². The molecule has 1 heterocycles. The van der Waals surface area contributed by atoms with E-state index in [1.54, 1.807) is 0 Å². The van der Waals surface area contributed by atoms with Crippen LogP contribution in [0.25, 0.3) is 0 Å². The number of anilines is 1. The van der Waals surface area contributed by atoms with Crippen LogP contribution in [0.1, 0.15) is 29.7 Å². The molecular formula is C12H14N4O. The zero-order chi connectivity index (χ0) is 12.3. The van der Waals surface area contributed by atoms with Crippen LogP contribution >= 0.6 is 0 Å². The van der Waals surface area contributed by atoms with Crippen molar-refractivity contribution in [3.05, 3.63) is 22.9 Å². The number of nitrogens with one attached hydrogen (secondary N) is 1. The summed E-state index contributed by atoms with van der Waals surface area (Å²) in [6.07, 6.45) is 3.30. The summed E-state index contributed by atoms with van der Waals surface area (Å²) < 4.78 is 0. The van der Waals surface area contributed by atoms with Crippen LogP contribution in [-0.2, 0) is 17.6 Å². The predicted octanol–water partition coefficient (Wildman–Crippen LogP) is 0.729. The summed E-state index contributed by atoms with van der Waals surface area (Å²) in [7, 11) is 0. The van der Waals surface area contributed by atoms with Gasteiger partial charge < -0.3 is 11.1 Å². The van der Waals surface area contributed by atoms with Gasteiger partial charge in [-0.1, -0.05) is 0 Å². The molecule has 1 aromatic rings. The molecule has 0 saturated heterocycles. The summed E-state index contributed by atoms with van der Waals surface area (Å²) in [4.78, 5) is 15.1. The number of fused-ring (bicyclic) bond motifs is 1. The van der Waals surface area contributed by atoms with E-state index in [1.807, 2.05) is 6.07 Å². The summed E-state index contributed by atoms with van der Waals surface area (Å²) in [5.74, 6) is 0.201. The molecule has 1 aliphatic carbocycles. The molecule has 0 bridgehead atoms. The van der Waals surface area contributed by atoms with Crippen molar-refractivity contribution < 1.29 is 4.79 Å². The molecule has 2 rings (SSSR count). The molecule has 1 aromatic heterocycles. The van der Waals surface area contributed by atoms with Crippen LogP contribution in [0, 0.1) is 11.3 Å². The smallest absolute Gasteiger partial charge is 0.219 e. The highest BCUT2D eigenvalue weighted by molar-refractivity contribution is 5.74. The van der Waals surface area contributed by atoms with Crippen molar-refractivity contribution >= 4 is 11.7 Å². The lowest BCUT2D eigenvalue weighted by molar-refractivity contribution is -0.117.